The minimum atomic E-state index is -1.55. The van der Waals surface area contributed by atoms with Gasteiger partial charge in [-0.1, -0.05) is 30.4 Å². The number of hydrogen-bond donors (Lipinski definition) is 2. The van der Waals surface area contributed by atoms with E-state index < -0.39 is 10.4 Å². The van der Waals surface area contributed by atoms with Gasteiger partial charge in [0.25, 0.3) is 11.4 Å². The van der Waals surface area contributed by atoms with Crippen LogP contribution in [0, 0.1) is 4.91 Å². The van der Waals surface area contributed by atoms with Crippen LogP contribution in [0.5, 0.6) is 5.75 Å². The first-order valence-corrected chi connectivity index (χ1v) is 6.80. The fourth-order valence-corrected chi connectivity index (χ4v) is 2.10. The summed E-state index contributed by atoms with van der Waals surface area (Å²) in [5.41, 5.74) is 2.09. The third kappa shape index (κ3) is 3.07. The normalized spacial score (nSPS) is 27.7. The van der Waals surface area contributed by atoms with E-state index in [0.717, 1.165) is 11.1 Å². The maximum absolute atomic E-state index is 10.6. The largest absolute Gasteiger partial charge is 0.458 e. The Bertz CT molecular complexity index is 702. The van der Waals surface area contributed by atoms with E-state index in [-0.39, 0.29) is 5.75 Å². The van der Waals surface area contributed by atoms with Gasteiger partial charge >= 0.3 is 5.14 Å². The van der Waals surface area contributed by atoms with Gasteiger partial charge in [-0.05, 0) is 29.9 Å². The lowest BCUT2D eigenvalue weighted by molar-refractivity contribution is -1.58. The number of hydrogen-bond acceptors (Lipinski definition) is 7. The molecule has 0 aromatic heterocycles. The van der Waals surface area contributed by atoms with Gasteiger partial charge in [-0.25, -0.2) is 0 Å². The Morgan fingerprint density at radius 1 is 1.43 bits per heavy atom. The van der Waals surface area contributed by atoms with Crippen molar-refractivity contribution in [2.24, 2.45) is 5.34 Å². The van der Waals surface area contributed by atoms with Gasteiger partial charge in [-0.15, -0.1) is 4.91 Å². The van der Waals surface area contributed by atoms with Crippen molar-refractivity contribution in [1.82, 2.24) is 0 Å². The van der Waals surface area contributed by atoms with Crippen LogP contribution in [0.1, 0.15) is 13.3 Å². The molecule has 0 radical (unpaired) electrons. The van der Waals surface area contributed by atoms with Gasteiger partial charge in [-0.2, -0.15) is 14.9 Å². The highest BCUT2D eigenvalue weighted by atomic mass is 17.5. The first-order valence-electron chi connectivity index (χ1n) is 6.80. The Balaban J connectivity index is 1.87. The lowest BCUT2D eigenvalue weighted by Crippen LogP contribution is -3.07. The number of nitrogens with zero attached hydrogens (tertiary/aromatic N) is 2. The Labute approximate surface area is 131 Å². The quantitative estimate of drug-likeness (QED) is 0.381. The van der Waals surface area contributed by atoms with Gasteiger partial charge < -0.3 is 0 Å². The van der Waals surface area contributed by atoms with E-state index in [4.69, 9.17) is 14.6 Å². The zero-order chi connectivity index (χ0) is 16.3. The second-order valence-corrected chi connectivity index (χ2v) is 4.82. The Hall–Kier alpha value is -2.72. The number of para-hydroxylation sites is 2. The average Bonchev–Trinajstić information content (AvgIpc) is 2.54. The molecule has 3 rings (SSSR count). The Kier molecular flexibility index (Phi) is 4.08. The standard InChI is InChI=1S/C14H14N3O6/c1-11-6-2-3-7-12(11)10-20-17(22-15-18)21-14-9-5-4-8-13(14)16(19)23-17/h2-6,8-10,19H,7H2,1H3/q+1/p+1/b12-10-. The maximum Gasteiger partial charge on any atom is 0.458 e. The molecule has 1 aromatic carbocycles. The highest BCUT2D eigenvalue weighted by molar-refractivity contribution is 5.44. The molecule has 2 atom stereocenters. The van der Waals surface area contributed by atoms with Crippen molar-refractivity contribution in [3.05, 3.63) is 64.8 Å². The van der Waals surface area contributed by atoms with Gasteiger partial charge in [0.05, 0.1) is 0 Å². The zero-order valence-corrected chi connectivity index (χ0v) is 12.2. The monoisotopic (exact) mass is 321 g/mol. The molecule has 0 spiro atoms. The molecular formula is C14H15N3O6+2. The summed E-state index contributed by atoms with van der Waals surface area (Å²) < 4.78 is 0. The number of fused-ring (bicyclic) bond motifs is 1. The lowest BCUT2D eigenvalue weighted by Gasteiger charge is -2.23. The molecule has 120 valence electrons. The number of quaternary nitrogens is 2. The van der Waals surface area contributed by atoms with Crippen LogP contribution < -0.4 is 10.1 Å². The van der Waals surface area contributed by atoms with Gasteiger partial charge in [0.15, 0.2) is 11.2 Å². The minimum absolute atomic E-state index is 0.203. The second kappa shape index (κ2) is 6.18. The van der Waals surface area contributed by atoms with Crippen molar-refractivity contribution in [2.75, 3.05) is 0 Å². The van der Waals surface area contributed by atoms with E-state index >= 15 is 0 Å². The summed E-state index contributed by atoms with van der Waals surface area (Å²) in [5, 5.41) is 10.2. The fourth-order valence-electron chi connectivity index (χ4n) is 2.10. The van der Waals surface area contributed by atoms with E-state index in [2.05, 4.69) is 10.3 Å². The Morgan fingerprint density at radius 3 is 3.04 bits per heavy atom. The van der Waals surface area contributed by atoms with Gasteiger partial charge in [-0.3, -0.25) is 0 Å². The van der Waals surface area contributed by atoms with Crippen LogP contribution in [0.15, 0.2) is 65.2 Å². The van der Waals surface area contributed by atoms with E-state index in [0.29, 0.717) is 12.1 Å². The molecule has 0 saturated heterocycles. The van der Waals surface area contributed by atoms with Gasteiger partial charge in [0.2, 0.25) is 5.34 Å². The molecule has 2 aliphatic rings. The molecule has 0 saturated carbocycles. The molecule has 1 aliphatic carbocycles. The summed E-state index contributed by atoms with van der Waals surface area (Å²) in [7, 11) is 0. The summed E-state index contributed by atoms with van der Waals surface area (Å²) in [6.45, 7) is 1.90. The molecule has 2 N–H and O–H groups in total. The molecule has 9 nitrogen and oxygen atoms in total. The van der Waals surface area contributed by atoms with E-state index in [9.17, 15) is 10.1 Å². The Morgan fingerprint density at radius 2 is 2.26 bits per heavy atom. The molecule has 1 aromatic rings. The van der Waals surface area contributed by atoms with Crippen LogP contribution in [0.4, 0.5) is 5.69 Å². The molecule has 0 fully saturated rings. The fraction of sp³-hybridized carbons (Fsp3) is 0.143. The van der Waals surface area contributed by atoms with Crippen molar-refractivity contribution >= 4 is 5.69 Å². The molecule has 23 heavy (non-hydrogen) atoms. The van der Waals surface area contributed by atoms with Crippen LogP contribution in [0.2, 0.25) is 0 Å². The lowest BCUT2D eigenvalue weighted by atomic mass is 10.0. The number of rotatable bonds is 4. The molecule has 1 heterocycles. The summed E-state index contributed by atoms with van der Waals surface area (Å²) >= 11 is 0. The highest BCUT2D eigenvalue weighted by Crippen LogP contribution is 2.30. The van der Waals surface area contributed by atoms with Crippen molar-refractivity contribution in [2.45, 2.75) is 13.3 Å². The van der Waals surface area contributed by atoms with Gasteiger partial charge in [0.1, 0.15) is 0 Å². The average molecular weight is 321 g/mol. The predicted molar refractivity (Wildman–Crippen MR) is 74.4 cm³/mol. The van der Waals surface area contributed by atoms with Crippen LogP contribution in [-0.2, 0) is 14.7 Å². The number of benzene rings is 1. The molecule has 1 aliphatic heterocycles. The van der Waals surface area contributed by atoms with Crippen molar-refractivity contribution in [3.63, 3.8) is 0 Å². The second-order valence-electron chi connectivity index (χ2n) is 4.82. The maximum atomic E-state index is 10.6. The van der Waals surface area contributed by atoms with Crippen LogP contribution >= 0.6 is 0 Å². The number of allylic oxidation sites excluding steroid dienone is 5. The summed E-state index contributed by atoms with van der Waals surface area (Å²) in [6, 6.07) is 6.49. The third-order valence-corrected chi connectivity index (χ3v) is 3.31. The van der Waals surface area contributed by atoms with E-state index in [1.165, 1.54) is 6.26 Å². The molecular weight excluding hydrogens is 306 g/mol. The van der Waals surface area contributed by atoms with Gasteiger partial charge in [0, 0.05) is 16.9 Å². The topological polar surface area (TPSA) is 91.0 Å². The summed E-state index contributed by atoms with van der Waals surface area (Å²) in [6.07, 6.45) is 7.70. The van der Waals surface area contributed by atoms with Crippen LogP contribution in [-0.4, -0.2) is 10.3 Å². The minimum Gasteiger partial charge on any atom is -0.192 e. The molecule has 2 unspecified atom stereocenters. The highest BCUT2D eigenvalue weighted by Gasteiger charge is 2.56. The predicted octanol–water partition coefficient (Wildman–Crippen LogP) is 1.90. The summed E-state index contributed by atoms with van der Waals surface area (Å²) in [4.78, 5) is 30.8. The van der Waals surface area contributed by atoms with Crippen molar-refractivity contribution in [3.8, 4) is 5.75 Å². The van der Waals surface area contributed by atoms with E-state index in [1.807, 2.05) is 25.2 Å². The van der Waals surface area contributed by atoms with Crippen molar-refractivity contribution < 1.29 is 35.1 Å². The van der Waals surface area contributed by atoms with Crippen LogP contribution in [0.25, 0.3) is 0 Å². The molecule has 9 heteroatoms. The summed E-state index contributed by atoms with van der Waals surface area (Å²) in [5.74, 6) is 0.203. The van der Waals surface area contributed by atoms with Crippen molar-refractivity contribution in [1.29, 1.82) is 0 Å². The zero-order valence-electron chi connectivity index (χ0n) is 12.2. The van der Waals surface area contributed by atoms with Crippen LogP contribution in [0.3, 0.4) is 0 Å². The first kappa shape index (κ1) is 15.2. The third-order valence-electron chi connectivity index (χ3n) is 3.31. The SMILES string of the molecule is CC1=CC=CC/C1=C/O[N+]1(ON=O)Oc2ccccc2[NH+](O)O1. The molecule has 0 bridgehead atoms. The molecule has 0 amide bonds. The smallest absolute Gasteiger partial charge is 0.192 e. The number of nitrogens with one attached hydrogen (secondary N) is 1. The first-order chi connectivity index (χ1) is 11.1. The van der Waals surface area contributed by atoms with E-state index in [1.54, 1.807) is 24.3 Å².